The molecule has 0 aliphatic carbocycles. The van der Waals surface area contributed by atoms with Crippen LogP contribution in [-0.2, 0) is 38.4 Å². The van der Waals surface area contributed by atoms with Gasteiger partial charge in [0.2, 0.25) is 29.5 Å². The number of aliphatic carboxylic acids is 2. The zero-order valence-electron chi connectivity index (χ0n) is 29.3. The van der Waals surface area contributed by atoms with Gasteiger partial charge in [-0.2, -0.15) is 0 Å². The summed E-state index contributed by atoms with van der Waals surface area (Å²) in [5.41, 5.74) is 0. The monoisotopic (exact) mass is 698 g/mol. The highest BCUT2D eigenvalue weighted by Gasteiger charge is 2.22. The minimum Gasteiger partial charge on any atom is -0.480 e. The molecule has 280 valence electrons. The first-order valence-corrected chi connectivity index (χ1v) is 17.3. The largest absolute Gasteiger partial charge is 0.480 e. The van der Waals surface area contributed by atoms with E-state index in [1.54, 1.807) is 7.05 Å². The molecule has 3 atom stereocenters. The van der Waals surface area contributed by atoms with Crippen LogP contribution in [0.3, 0.4) is 0 Å². The number of amides is 5. The predicted molar refractivity (Wildman–Crippen MR) is 181 cm³/mol. The van der Waals surface area contributed by atoms with Crippen LogP contribution in [0.5, 0.6) is 0 Å². The Hall–Kier alpha value is -4.08. The number of likely N-dealkylation sites (N-methyl/N-ethyl adjacent to an activating group) is 1. The number of nitrogens with one attached hydrogen (secondary N) is 6. The van der Waals surface area contributed by atoms with Crippen LogP contribution >= 0.6 is 0 Å². The summed E-state index contributed by atoms with van der Waals surface area (Å²) in [6, 6.07) is -2.75. The lowest BCUT2D eigenvalue weighted by Gasteiger charge is -2.15. The maximum atomic E-state index is 12.3. The van der Waals surface area contributed by atoms with E-state index in [1.807, 2.05) is 0 Å². The molecule has 0 aromatic carbocycles. The molecule has 0 radical (unpaired) electrons. The molecule has 3 unspecified atom stereocenters. The molecule has 0 spiro atoms. The van der Waals surface area contributed by atoms with Gasteiger partial charge in [0.05, 0.1) is 6.04 Å². The summed E-state index contributed by atoms with van der Waals surface area (Å²) in [4.78, 5) is 95.1. The van der Waals surface area contributed by atoms with Gasteiger partial charge < -0.3 is 42.1 Å². The Kier molecular flexibility index (Phi) is 25.5. The fourth-order valence-corrected chi connectivity index (χ4v) is 4.78. The average molecular weight is 699 g/mol. The third-order valence-electron chi connectivity index (χ3n) is 7.73. The van der Waals surface area contributed by atoms with Crippen molar-refractivity contribution in [1.29, 1.82) is 0 Å². The molecular weight excluding hydrogens is 640 g/mol. The highest BCUT2D eigenvalue weighted by molar-refractivity contribution is 5.85. The fourth-order valence-electron chi connectivity index (χ4n) is 4.78. The van der Waals surface area contributed by atoms with E-state index >= 15 is 0 Å². The molecule has 0 bridgehead atoms. The lowest BCUT2D eigenvalue weighted by Crippen LogP contribution is -2.42. The van der Waals surface area contributed by atoms with Gasteiger partial charge in [0.15, 0.2) is 0 Å². The number of hydrogen-bond donors (Lipinski definition) is 8. The molecule has 0 fully saturated rings. The molecule has 8 N–H and O–H groups in total. The maximum Gasteiger partial charge on any atom is 0.326 e. The quantitative estimate of drug-likeness (QED) is 0.0490. The number of hydrogen-bond acceptors (Lipinski definition) is 9. The Morgan fingerprint density at radius 3 is 1.33 bits per heavy atom. The van der Waals surface area contributed by atoms with Crippen molar-refractivity contribution in [3.8, 4) is 0 Å². The third-order valence-corrected chi connectivity index (χ3v) is 7.73. The number of Topliss-reactive ketones (excluding diaryl/α,β-unsaturated/α-hetero) is 1. The van der Waals surface area contributed by atoms with Gasteiger partial charge >= 0.3 is 11.9 Å². The summed E-state index contributed by atoms with van der Waals surface area (Å²) < 4.78 is 0. The van der Waals surface area contributed by atoms with Gasteiger partial charge in [-0.3, -0.25) is 28.8 Å². The summed E-state index contributed by atoms with van der Waals surface area (Å²) in [5.74, 6) is -4.49. The molecule has 16 heteroatoms. The number of unbranched alkanes of at least 4 members (excludes halogenated alkanes) is 4. The second-order valence-corrected chi connectivity index (χ2v) is 12.0. The highest BCUT2D eigenvalue weighted by Crippen LogP contribution is 2.05. The molecule has 0 aromatic heterocycles. The van der Waals surface area contributed by atoms with E-state index in [9.17, 15) is 48.6 Å². The lowest BCUT2D eigenvalue weighted by atomic mass is 10.1. The van der Waals surface area contributed by atoms with Gasteiger partial charge in [-0.05, 0) is 65.3 Å². The minimum absolute atomic E-state index is 0.0197. The van der Waals surface area contributed by atoms with Crippen molar-refractivity contribution in [2.45, 2.75) is 135 Å². The van der Waals surface area contributed by atoms with E-state index in [-0.39, 0.29) is 75.1 Å². The van der Waals surface area contributed by atoms with Crippen LogP contribution in [-0.4, -0.2) is 102 Å². The summed E-state index contributed by atoms with van der Waals surface area (Å²) in [5, 5.41) is 34.6. The van der Waals surface area contributed by atoms with Gasteiger partial charge in [0, 0.05) is 51.7 Å². The molecule has 0 aliphatic rings. The standard InChI is InChI=1S/C33H58N6O10/c1-4-5-6-7-13-27(41)36-21-10-14-30(44)39-26(33(48)49)17-19-29(43)37-22-11-15-31(45)38-25(32(46)47)16-18-28(42)35-20-9-8-12-24(34-3)23(2)40/h24-26,34H,4-22H2,1-3H3,(H,35,42)(H,36,41)(H,37,43)(H,38,45)(H,39,44)(H,46,47)(H,48,49). The maximum absolute atomic E-state index is 12.3. The van der Waals surface area contributed by atoms with Crippen LogP contribution in [0, 0.1) is 0 Å². The van der Waals surface area contributed by atoms with Crippen LogP contribution in [0.4, 0.5) is 0 Å². The van der Waals surface area contributed by atoms with Crippen LogP contribution < -0.4 is 31.9 Å². The SMILES string of the molecule is CCCCCCC(=O)NCCCC(=O)NC(CCC(=O)NCCCC(=O)NC(CCC(=O)NCCCCC(NC)C(C)=O)C(=O)O)C(=O)O. The molecule has 0 rings (SSSR count). The highest BCUT2D eigenvalue weighted by atomic mass is 16.4. The van der Waals surface area contributed by atoms with Crippen molar-refractivity contribution >= 4 is 47.3 Å². The van der Waals surface area contributed by atoms with Gasteiger partial charge in [-0.15, -0.1) is 0 Å². The molecule has 0 saturated heterocycles. The molecule has 0 saturated carbocycles. The molecule has 5 amide bonds. The molecule has 0 aromatic rings. The van der Waals surface area contributed by atoms with Gasteiger partial charge in [-0.1, -0.05) is 26.2 Å². The first-order chi connectivity index (χ1) is 23.3. The van der Waals surface area contributed by atoms with E-state index in [1.165, 1.54) is 6.92 Å². The van der Waals surface area contributed by atoms with Crippen molar-refractivity contribution < 1.29 is 48.6 Å². The molecule has 49 heavy (non-hydrogen) atoms. The fraction of sp³-hybridized carbons (Fsp3) is 0.758. The van der Waals surface area contributed by atoms with E-state index in [4.69, 9.17) is 0 Å². The second-order valence-electron chi connectivity index (χ2n) is 12.0. The van der Waals surface area contributed by atoms with Gasteiger partial charge in [0.1, 0.15) is 17.9 Å². The van der Waals surface area contributed by atoms with E-state index in [2.05, 4.69) is 38.8 Å². The topological polar surface area (TPSA) is 249 Å². The Morgan fingerprint density at radius 1 is 0.490 bits per heavy atom. The van der Waals surface area contributed by atoms with E-state index in [0.29, 0.717) is 38.8 Å². The van der Waals surface area contributed by atoms with Crippen LogP contribution in [0.1, 0.15) is 117 Å². The van der Waals surface area contributed by atoms with Crippen molar-refractivity contribution in [1.82, 2.24) is 31.9 Å². The molecular formula is C33H58N6O10. The number of carboxylic acid groups (broad SMARTS) is 2. The Bertz CT molecular complexity index is 1070. The van der Waals surface area contributed by atoms with Crippen molar-refractivity contribution in [2.75, 3.05) is 26.7 Å². The predicted octanol–water partition coefficient (Wildman–Crippen LogP) is 0.912. The lowest BCUT2D eigenvalue weighted by molar-refractivity contribution is -0.142. The summed E-state index contributed by atoms with van der Waals surface area (Å²) >= 11 is 0. The molecule has 0 aliphatic heterocycles. The van der Waals surface area contributed by atoms with Gasteiger partial charge in [-0.25, -0.2) is 9.59 Å². The first-order valence-electron chi connectivity index (χ1n) is 17.3. The zero-order chi connectivity index (χ0) is 37.0. The Balaban J connectivity index is 4.24. The normalized spacial score (nSPS) is 12.6. The summed E-state index contributed by atoms with van der Waals surface area (Å²) in [7, 11) is 1.71. The smallest absolute Gasteiger partial charge is 0.326 e. The Morgan fingerprint density at radius 2 is 0.918 bits per heavy atom. The molecule has 16 nitrogen and oxygen atoms in total. The minimum atomic E-state index is -1.28. The second kappa shape index (κ2) is 27.8. The number of carbonyl (C=O) groups excluding carboxylic acids is 6. The van der Waals surface area contributed by atoms with E-state index in [0.717, 1.165) is 32.1 Å². The van der Waals surface area contributed by atoms with Crippen molar-refractivity contribution in [3.05, 3.63) is 0 Å². The number of rotatable bonds is 30. The average Bonchev–Trinajstić information content (AvgIpc) is 3.04. The van der Waals surface area contributed by atoms with Crippen LogP contribution in [0.25, 0.3) is 0 Å². The number of carbonyl (C=O) groups is 8. The summed E-state index contributed by atoms with van der Waals surface area (Å²) in [6.07, 6.45) is 6.35. The van der Waals surface area contributed by atoms with Crippen LogP contribution in [0.15, 0.2) is 0 Å². The zero-order valence-corrected chi connectivity index (χ0v) is 29.3. The van der Waals surface area contributed by atoms with Crippen LogP contribution in [0.2, 0.25) is 0 Å². The number of carboxylic acids is 2. The van der Waals surface area contributed by atoms with Crippen molar-refractivity contribution in [2.24, 2.45) is 0 Å². The van der Waals surface area contributed by atoms with Gasteiger partial charge in [0.25, 0.3) is 0 Å². The van der Waals surface area contributed by atoms with E-state index < -0.39 is 41.7 Å². The summed E-state index contributed by atoms with van der Waals surface area (Å²) in [6.45, 7) is 4.37. The molecule has 0 heterocycles. The first kappa shape index (κ1) is 44.9. The third kappa shape index (κ3) is 24.7. The Labute approximate surface area is 289 Å². The number of ketones is 1. The van der Waals surface area contributed by atoms with Crippen molar-refractivity contribution in [3.63, 3.8) is 0 Å².